The molecule has 0 radical (unpaired) electrons. The van der Waals surface area contributed by atoms with Crippen LogP contribution in [0.2, 0.25) is 0 Å². The molecule has 0 heterocycles. The smallest absolute Gasteiger partial charge is 0.391 e. The van der Waals surface area contributed by atoms with E-state index < -0.39 is 49.6 Å². The van der Waals surface area contributed by atoms with Crippen LogP contribution in [0.5, 0.6) is 0 Å². The summed E-state index contributed by atoms with van der Waals surface area (Å²) in [5.74, 6) is -2.95. The Morgan fingerprint density at radius 2 is 1.44 bits per heavy atom. The van der Waals surface area contributed by atoms with Gasteiger partial charge in [0.25, 0.3) is 0 Å². The first-order chi connectivity index (χ1) is 8.08. The van der Waals surface area contributed by atoms with E-state index in [0.29, 0.717) is 0 Å². The van der Waals surface area contributed by atoms with Gasteiger partial charge in [-0.1, -0.05) is 13.8 Å². The van der Waals surface area contributed by atoms with Crippen molar-refractivity contribution in [2.75, 3.05) is 0 Å². The second-order valence-corrected chi connectivity index (χ2v) is 4.28. The normalized spacial score (nSPS) is 29.5. The van der Waals surface area contributed by atoms with Crippen molar-refractivity contribution in [3.8, 4) is 0 Å². The van der Waals surface area contributed by atoms with Crippen molar-refractivity contribution in [3.05, 3.63) is 0 Å². The Labute approximate surface area is 102 Å². The molecule has 0 aliphatic heterocycles. The number of rotatable bonds is 1. The zero-order valence-corrected chi connectivity index (χ0v) is 10.3. The van der Waals surface area contributed by atoms with E-state index >= 15 is 0 Å². The van der Waals surface area contributed by atoms with Crippen LogP contribution in [0.4, 0.5) is 26.3 Å². The van der Waals surface area contributed by atoms with Gasteiger partial charge in [-0.05, 0) is 25.2 Å². The minimum atomic E-state index is -4.52. The van der Waals surface area contributed by atoms with E-state index in [-0.39, 0.29) is 6.42 Å². The van der Waals surface area contributed by atoms with Gasteiger partial charge in [-0.3, -0.25) is 0 Å². The van der Waals surface area contributed by atoms with Crippen LogP contribution in [0, 0.1) is 11.8 Å². The van der Waals surface area contributed by atoms with Crippen molar-refractivity contribution in [1.82, 2.24) is 0 Å². The fourth-order valence-electron chi connectivity index (χ4n) is 2.17. The van der Waals surface area contributed by atoms with E-state index in [1.54, 1.807) is 0 Å². The summed E-state index contributed by atoms with van der Waals surface area (Å²) in [7, 11) is 0. The highest BCUT2D eigenvalue weighted by Gasteiger charge is 2.46. The summed E-state index contributed by atoms with van der Waals surface area (Å²) in [4.78, 5) is 0. The van der Waals surface area contributed by atoms with Crippen LogP contribution in [0.1, 0.15) is 39.5 Å². The molecule has 1 aliphatic carbocycles. The van der Waals surface area contributed by atoms with Crippen LogP contribution in [0.25, 0.3) is 0 Å². The van der Waals surface area contributed by atoms with Gasteiger partial charge in [-0.2, -0.15) is 26.3 Å². The molecule has 0 aromatic heterocycles. The molecule has 7 heteroatoms. The summed E-state index contributed by atoms with van der Waals surface area (Å²) in [5, 5.41) is 9.14. The molecule has 0 saturated heterocycles. The predicted molar refractivity (Wildman–Crippen MR) is 54.9 cm³/mol. The molecule has 0 bridgehead atoms. The third kappa shape index (κ3) is 6.47. The van der Waals surface area contributed by atoms with Gasteiger partial charge in [0.2, 0.25) is 0 Å². The van der Waals surface area contributed by atoms with Gasteiger partial charge in [0.1, 0.15) is 0 Å². The average Bonchev–Trinajstić information content (AvgIpc) is 2.15. The molecule has 1 saturated carbocycles. The Morgan fingerprint density at radius 1 is 0.944 bits per heavy atom. The Morgan fingerprint density at radius 3 is 1.83 bits per heavy atom. The van der Waals surface area contributed by atoms with E-state index in [1.807, 2.05) is 13.8 Å². The number of hydrogen-bond donors (Lipinski definition) is 1. The fraction of sp³-hybridized carbons (Fsp3) is 1.00. The largest absolute Gasteiger partial charge is 0.393 e. The van der Waals surface area contributed by atoms with Crippen molar-refractivity contribution >= 4 is 0 Å². The van der Waals surface area contributed by atoms with Crippen LogP contribution in [-0.2, 0) is 0 Å². The zero-order valence-electron chi connectivity index (χ0n) is 10.3. The van der Waals surface area contributed by atoms with Gasteiger partial charge in [0.15, 0.2) is 0 Å². The molecule has 1 N–H and O–H groups in total. The molecule has 1 aliphatic rings. The quantitative estimate of drug-likeness (QED) is 0.710. The molecule has 0 spiro atoms. The standard InChI is InChI=1S/C9H12F6O.C2H6/c10-8(11,12)4-5-1-6(9(13,14)15)3-7(16)2-5;1-2/h5-7,16H,1-4H2;1-2H3/t5-,6+,7-;/m1./s1. The molecular weight excluding hydrogens is 262 g/mol. The van der Waals surface area contributed by atoms with Gasteiger partial charge in [-0.25, -0.2) is 0 Å². The van der Waals surface area contributed by atoms with Crippen molar-refractivity contribution < 1.29 is 31.4 Å². The van der Waals surface area contributed by atoms with Crippen LogP contribution in [0.3, 0.4) is 0 Å². The van der Waals surface area contributed by atoms with Gasteiger partial charge in [-0.15, -0.1) is 0 Å². The van der Waals surface area contributed by atoms with E-state index in [9.17, 15) is 26.3 Å². The molecule has 18 heavy (non-hydrogen) atoms. The minimum absolute atomic E-state index is 0.202. The molecule has 110 valence electrons. The molecule has 1 nitrogen and oxygen atoms in total. The SMILES string of the molecule is CC.O[C@@H]1C[C@H](CC(F)(F)F)C[C@H](C(F)(F)F)C1. The molecule has 0 aromatic carbocycles. The first-order valence-electron chi connectivity index (χ1n) is 5.89. The monoisotopic (exact) mass is 280 g/mol. The van der Waals surface area contributed by atoms with Gasteiger partial charge >= 0.3 is 12.4 Å². The van der Waals surface area contributed by atoms with E-state index in [2.05, 4.69) is 0 Å². The van der Waals surface area contributed by atoms with E-state index in [0.717, 1.165) is 0 Å². The Kier molecular flexibility index (Phi) is 6.46. The lowest BCUT2D eigenvalue weighted by Crippen LogP contribution is -2.36. The zero-order chi connectivity index (χ0) is 14.6. The maximum absolute atomic E-state index is 12.3. The summed E-state index contributed by atoms with van der Waals surface area (Å²) in [6.07, 6.45) is -12.8. The molecule has 0 unspecified atom stereocenters. The topological polar surface area (TPSA) is 20.2 Å². The lowest BCUT2D eigenvalue weighted by molar-refractivity contribution is -0.203. The summed E-state index contributed by atoms with van der Waals surface area (Å²) in [5.41, 5.74) is 0. The Bertz CT molecular complexity index is 235. The molecule has 1 rings (SSSR count). The lowest BCUT2D eigenvalue weighted by Gasteiger charge is -2.33. The highest BCUT2D eigenvalue weighted by Crippen LogP contribution is 2.43. The maximum Gasteiger partial charge on any atom is 0.391 e. The fourth-order valence-corrected chi connectivity index (χ4v) is 2.17. The second kappa shape index (κ2) is 6.63. The Balaban J connectivity index is 0.00000137. The highest BCUT2D eigenvalue weighted by molar-refractivity contribution is 4.83. The molecule has 0 amide bonds. The maximum atomic E-state index is 12.3. The van der Waals surface area contributed by atoms with Crippen LogP contribution >= 0.6 is 0 Å². The van der Waals surface area contributed by atoms with Crippen molar-refractivity contribution in [3.63, 3.8) is 0 Å². The first kappa shape index (κ1) is 17.5. The molecule has 3 atom stereocenters. The summed E-state index contributed by atoms with van der Waals surface area (Å²) in [6.45, 7) is 4.00. The number of hydrogen-bond acceptors (Lipinski definition) is 1. The van der Waals surface area contributed by atoms with E-state index in [1.165, 1.54) is 0 Å². The van der Waals surface area contributed by atoms with Crippen molar-refractivity contribution in [2.45, 2.75) is 58.0 Å². The Hall–Kier alpha value is -0.460. The van der Waals surface area contributed by atoms with Crippen molar-refractivity contribution in [2.24, 2.45) is 11.8 Å². The summed E-state index contributed by atoms with van der Waals surface area (Å²) < 4.78 is 73.1. The minimum Gasteiger partial charge on any atom is -0.393 e. The van der Waals surface area contributed by atoms with E-state index in [4.69, 9.17) is 5.11 Å². The second-order valence-electron chi connectivity index (χ2n) is 4.28. The predicted octanol–water partition coefficient (Wildman–Crippen LogP) is 4.30. The molecular formula is C11H18F6O. The van der Waals surface area contributed by atoms with Crippen LogP contribution in [-0.4, -0.2) is 23.6 Å². The van der Waals surface area contributed by atoms with Gasteiger partial charge < -0.3 is 5.11 Å². The molecule has 0 aromatic rings. The summed E-state index contributed by atoms with van der Waals surface area (Å²) >= 11 is 0. The molecule has 1 fully saturated rings. The number of alkyl halides is 6. The first-order valence-corrected chi connectivity index (χ1v) is 5.89. The van der Waals surface area contributed by atoms with Crippen LogP contribution < -0.4 is 0 Å². The summed E-state index contributed by atoms with van der Waals surface area (Å²) in [6, 6.07) is 0. The van der Waals surface area contributed by atoms with Gasteiger partial charge in [0.05, 0.1) is 12.0 Å². The van der Waals surface area contributed by atoms with Gasteiger partial charge in [0, 0.05) is 6.42 Å². The highest BCUT2D eigenvalue weighted by atomic mass is 19.4. The number of aliphatic hydroxyl groups is 1. The van der Waals surface area contributed by atoms with Crippen LogP contribution in [0.15, 0.2) is 0 Å². The lowest BCUT2D eigenvalue weighted by atomic mass is 9.78. The third-order valence-corrected chi connectivity index (χ3v) is 2.76. The number of aliphatic hydroxyl groups excluding tert-OH is 1. The van der Waals surface area contributed by atoms with Crippen molar-refractivity contribution in [1.29, 1.82) is 0 Å². The third-order valence-electron chi connectivity index (χ3n) is 2.76. The average molecular weight is 280 g/mol. The number of halogens is 6.